The maximum atomic E-state index is 13.2. The fourth-order valence-electron chi connectivity index (χ4n) is 1.91. The molecule has 0 amide bonds. The molecule has 0 aliphatic heterocycles. The number of alkyl halides is 2. The molecule has 14 heavy (non-hydrogen) atoms. The van der Waals surface area contributed by atoms with Gasteiger partial charge in [-0.05, 0) is 12.5 Å². The number of rotatable bonds is 2. The van der Waals surface area contributed by atoms with Crippen molar-refractivity contribution in [3.63, 3.8) is 0 Å². The Bertz CT molecular complexity index is 359. The summed E-state index contributed by atoms with van der Waals surface area (Å²) in [6.45, 7) is 1.22. The Morgan fingerprint density at radius 2 is 1.86 bits per heavy atom. The van der Waals surface area contributed by atoms with Gasteiger partial charge < -0.3 is 0 Å². The van der Waals surface area contributed by atoms with Gasteiger partial charge in [-0.25, -0.2) is 8.78 Å². The van der Waals surface area contributed by atoms with Crippen LogP contribution in [0.25, 0.3) is 0 Å². The van der Waals surface area contributed by atoms with Gasteiger partial charge in [0.1, 0.15) is 5.78 Å². The van der Waals surface area contributed by atoms with Crippen LogP contribution in [0.3, 0.4) is 0 Å². The number of ketones is 1. The minimum Gasteiger partial charge on any atom is -0.299 e. The highest BCUT2D eigenvalue weighted by Crippen LogP contribution is 2.61. The van der Waals surface area contributed by atoms with Crippen LogP contribution >= 0.6 is 0 Å². The molecule has 1 nitrogen and oxygen atoms in total. The third-order valence-corrected chi connectivity index (χ3v) is 2.65. The first-order valence-electron chi connectivity index (χ1n) is 4.48. The van der Waals surface area contributed by atoms with Gasteiger partial charge in [0.25, 0.3) is 5.92 Å². The van der Waals surface area contributed by atoms with Gasteiger partial charge in [0.05, 0.1) is 11.8 Å². The maximum Gasteiger partial charge on any atom is 0.266 e. The van der Waals surface area contributed by atoms with Crippen LogP contribution in [0.1, 0.15) is 18.4 Å². The van der Waals surface area contributed by atoms with Crippen molar-refractivity contribution in [2.45, 2.75) is 18.8 Å². The highest BCUT2D eigenvalue weighted by Gasteiger charge is 2.70. The second-order valence-corrected chi connectivity index (χ2v) is 3.65. The lowest BCUT2D eigenvalue weighted by Gasteiger charge is -1.96. The third-order valence-electron chi connectivity index (χ3n) is 2.65. The van der Waals surface area contributed by atoms with Gasteiger partial charge in [0, 0.05) is 0 Å². The summed E-state index contributed by atoms with van der Waals surface area (Å²) in [5.74, 6) is -5.28. The molecule has 0 radical (unpaired) electrons. The minimum absolute atomic E-state index is 0.427. The molecule has 0 heterocycles. The summed E-state index contributed by atoms with van der Waals surface area (Å²) in [4.78, 5) is 10.9. The Labute approximate surface area is 80.7 Å². The predicted molar refractivity (Wildman–Crippen MR) is 48.3 cm³/mol. The quantitative estimate of drug-likeness (QED) is 0.710. The topological polar surface area (TPSA) is 17.1 Å². The van der Waals surface area contributed by atoms with Crippen LogP contribution in [-0.4, -0.2) is 11.7 Å². The van der Waals surface area contributed by atoms with E-state index in [2.05, 4.69) is 0 Å². The zero-order valence-corrected chi connectivity index (χ0v) is 7.71. The molecule has 3 heteroatoms. The molecule has 0 unspecified atom stereocenters. The van der Waals surface area contributed by atoms with Gasteiger partial charge in [-0.3, -0.25) is 4.79 Å². The first-order valence-corrected chi connectivity index (χ1v) is 4.48. The van der Waals surface area contributed by atoms with Crippen LogP contribution in [-0.2, 0) is 4.79 Å². The predicted octanol–water partition coefficient (Wildman–Crippen LogP) is 2.62. The van der Waals surface area contributed by atoms with Crippen LogP contribution in [0.5, 0.6) is 0 Å². The molecule has 1 aliphatic carbocycles. The highest BCUT2D eigenvalue weighted by atomic mass is 19.3. The molecule has 1 aromatic rings. The van der Waals surface area contributed by atoms with E-state index in [1.165, 1.54) is 6.92 Å². The number of hydrogen-bond acceptors (Lipinski definition) is 1. The second-order valence-electron chi connectivity index (χ2n) is 3.65. The fourth-order valence-corrected chi connectivity index (χ4v) is 1.91. The average Bonchev–Trinajstić information content (AvgIpc) is 2.71. The molecule has 2 rings (SSSR count). The SMILES string of the molecule is CC(=O)[C@@H]1[C@H](c2ccccc2)C1(F)F. The van der Waals surface area contributed by atoms with Gasteiger partial charge >= 0.3 is 0 Å². The molecule has 1 aromatic carbocycles. The first-order chi connectivity index (χ1) is 6.55. The fraction of sp³-hybridized carbons (Fsp3) is 0.364. The van der Waals surface area contributed by atoms with Gasteiger partial charge in [-0.1, -0.05) is 30.3 Å². The van der Waals surface area contributed by atoms with Crippen molar-refractivity contribution in [1.82, 2.24) is 0 Å². The van der Waals surface area contributed by atoms with Crippen LogP contribution in [0.15, 0.2) is 30.3 Å². The van der Waals surface area contributed by atoms with Crippen molar-refractivity contribution < 1.29 is 13.6 Å². The van der Waals surface area contributed by atoms with E-state index in [1.54, 1.807) is 30.3 Å². The molecule has 1 fully saturated rings. The zero-order chi connectivity index (χ0) is 10.3. The summed E-state index contributed by atoms with van der Waals surface area (Å²) in [5, 5.41) is 0. The Morgan fingerprint density at radius 1 is 1.29 bits per heavy atom. The Morgan fingerprint density at radius 3 is 2.29 bits per heavy atom. The van der Waals surface area contributed by atoms with Crippen molar-refractivity contribution in [1.29, 1.82) is 0 Å². The molecule has 0 spiro atoms. The third kappa shape index (κ3) is 1.24. The number of hydrogen-bond donors (Lipinski definition) is 0. The Balaban J connectivity index is 2.28. The molecular formula is C11H10F2O. The number of Topliss-reactive ketones (excluding diaryl/α,β-unsaturated/α-hetero) is 1. The molecular weight excluding hydrogens is 186 g/mol. The maximum absolute atomic E-state index is 13.2. The van der Waals surface area contributed by atoms with Gasteiger partial charge in [-0.15, -0.1) is 0 Å². The summed E-state index contributed by atoms with van der Waals surface area (Å²) in [7, 11) is 0. The largest absolute Gasteiger partial charge is 0.299 e. The molecule has 74 valence electrons. The standard InChI is InChI=1S/C11H10F2O/c1-7(14)9-10(11(9,12)13)8-5-3-2-4-6-8/h2-6,9-10H,1H3/t9-,10+/m1/s1. The van der Waals surface area contributed by atoms with E-state index in [0.717, 1.165) is 0 Å². The van der Waals surface area contributed by atoms with Crippen LogP contribution < -0.4 is 0 Å². The lowest BCUT2D eigenvalue weighted by atomic mass is 10.1. The summed E-state index contributed by atoms with van der Waals surface area (Å²) in [6.07, 6.45) is 0. The van der Waals surface area contributed by atoms with Crippen LogP contribution in [0.2, 0.25) is 0 Å². The number of halogens is 2. The zero-order valence-electron chi connectivity index (χ0n) is 7.71. The van der Waals surface area contributed by atoms with Gasteiger partial charge in [0.2, 0.25) is 0 Å². The van der Waals surface area contributed by atoms with E-state index in [0.29, 0.717) is 5.56 Å². The van der Waals surface area contributed by atoms with E-state index in [-0.39, 0.29) is 0 Å². The van der Waals surface area contributed by atoms with Crippen molar-refractivity contribution in [3.8, 4) is 0 Å². The Kier molecular flexibility index (Phi) is 1.91. The first kappa shape index (κ1) is 9.31. The lowest BCUT2D eigenvalue weighted by molar-refractivity contribution is -0.120. The molecule has 1 saturated carbocycles. The van der Waals surface area contributed by atoms with Crippen LogP contribution in [0, 0.1) is 5.92 Å². The van der Waals surface area contributed by atoms with Gasteiger partial charge in [0.15, 0.2) is 0 Å². The molecule has 2 atom stereocenters. The van der Waals surface area contributed by atoms with E-state index >= 15 is 0 Å². The summed E-state index contributed by atoms with van der Waals surface area (Å²) < 4.78 is 26.4. The number of carbonyl (C=O) groups is 1. The molecule has 1 aliphatic rings. The molecule has 0 saturated heterocycles. The van der Waals surface area contributed by atoms with E-state index in [1.807, 2.05) is 0 Å². The van der Waals surface area contributed by atoms with E-state index in [9.17, 15) is 13.6 Å². The monoisotopic (exact) mass is 196 g/mol. The summed E-state index contributed by atoms with van der Waals surface area (Å²) in [6, 6.07) is 8.47. The second kappa shape index (κ2) is 2.87. The molecule has 0 aromatic heterocycles. The van der Waals surface area contributed by atoms with Crippen molar-refractivity contribution in [2.75, 3.05) is 0 Å². The number of carbonyl (C=O) groups excluding carboxylic acids is 1. The molecule has 0 N–H and O–H groups in total. The summed E-state index contributed by atoms with van der Waals surface area (Å²) in [5.41, 5.74) is 0.553. The molecule has 0 bridgehead atoms. The van der Waals surface area contributed by atoms with Gasteiger partial charge in [-0.2, -0.15) is 0 Å². The number of benzene rings is 1. The highest BCUT2D eigenvalue weighted by molar-refractivity contribution is 5.85. The smallest absolute Gasteiger partial charge is 0.266 e. The minimum atomic E-state index is -2.84. The Hall–Kier alpha value is -1.25. The normalized spacial score (nSPS) is 28.5. The summed E-state index contributed by atoms with van der Waals surface area (Å²) >= 11 is 0. The van der Waals surface area contributed by atoms with Crippen LogP contribution in [0.4, 0.5) is 8.78 Å². The van der Waals surface area contributed by atoms with E-state index in [4.69, 9.17) is 0 Å². The van der Waals surface area contributed by atoms with Crippen molar-refractivity contribution in [3.05, 3.63) is 35.9 Å². The van der Waals surface area contributed by atoms with Crippen molar-refractivity contribution in [2.24, 2.45) is 5.92 Å². The van der Waals surface area contributed by atoms with Crippen molar-refractivity contribution >= 4 is 5.78 Å². The average molecular weight is 196 g/mol. The lowest BCUT2D eigenvalue weighted by Crippen LogP contribution is -2.01. The van der Waals surface area contributed by atoms with E-state index < -0.39 is 23.5 Å².